The first-order valence-corrected chi connectivity index (χ1v) is 10.5. The maximum absolute atomic E-state index is 13.6. The lowest BCUT2D eigenvalue weighted by atomic mass is 10.0. The summed E-state index contributed by atoms with van der Waals surface area (Å²) in [6.07, 6.45) is 0. The molecule has 0 aromatic heterocycles. The first-order chi connectivity index (χ1) is 16.1. The van der Waals surface area contributed by atoms with Crippen LogP contribution in [-0.4, -0.2) is 32.6 Å². The molecule has 0 unspecified atom stereocenters. The molecule has 1 aliphatic heterocycles. The number of para-hydroxylation sites is 3. The third kappa shape index (κ3) is 4.13. The van der Waals surface area contributed by atoms with Crippen LogP contribution < -0.4 is 24.4 Å². The number of benzene rings is 3. The van der Waals surface area contributed by atoms with E-state index in [1.54, 1.807) is 61.7 Å². The molecule has 1 heterocycles. The van der Waals surface area contributed by atoms with E-state index in [2.05, 4.69) is 5.32 Å². The molecule has 2 amide bonds. The van der Waals surface area contributed by atoms with Crippen molar-refractivity contribution in [2.75, 3.05) is 31.0 Å². The zero-order chi connectivity index (χ0) is 23.4. The van der Waals surface area contributed by atoms with Crippen LogP contribution in [0, 0.1) is 0 Å². The number of carbonyl (C=O) groups excluding carboxylic acids is 2. The van der Waals surface area contributed by atoms with Crippen molar-refractivity contribution >= 4 is 28.8 Å². The number of nitrogens with zero attached hydrogens (tertiary/aromatic N) is 1. The van der Waals surface area contributed by atoms with Gasteiger partial charge >= 0.3 is 0 Å². The minimum absolute atomic E-state index is 0.142. The minimum Gasteiger partial charge on any atom is -0.496 e. The predicted molar refractivity (Wildman–Crippen MR) is 127 cm³/mol. The van der Waals surface area contributed by atoms with Crippen LogP contribution in [0.5, 0.6) is 17.2 Å². The second-order valence-electron chi connectivity index (χ2n) is 7.15. The van der Waals surface area contributed by atoms with E-state index < -0.39 is 11.8 Å². The summed E-state index contributed by atoms with van der Waals surface area (Å²) in [6, 6.07) is 21.1. The smallest absolute Gasteiger partial charge is 0.282 e. The Morgan fingerprint density at radius 2 is 1.42 bits per heavy atom. The third-order valence-electron chi connectivity index (χ3n) is 5.23. The molecule has 0 bridgehead atoms. The Hall–Kier alpha value is -4.26. The summed E-state index contributed by atoms with van der Waals surface area (Å²) in [5.41, 5.74) is 1.89. The monoisotopic (exact) mass is 444 g/mol. The van der Waals surface area contributed by atoms with E-state index in [0.717, 1.165) is 4.90 Å². The van der Waals surface area contributed by atoms with Gasteiger partial charge in [-0.25, -0.2) is 4.90 Å². The Morgan fingerprint density at radius 3 is 2.09 bits per heavy atom. The van der Waals surface area contributed by atoms with Crippen LogP contribution in [-0.2, 0) is 9.59 Å². The van der Waals surface area contributed by atoms with Crippen LogP contribution in [0.2, 0.25) is 0 Å². The summed E-state index contributed by atoms with van der Waals surface area (Å²) in [6.45, 7) is 2.41. The molecule has 0 saturated carbocycles. The molecule has 1 N–H and O–H groups in total. The molecule has 0 saturated heterocycles. The van der Waals surface area contributed by atoms with E-state index in [0.29, 0.717) is 40.8 Å². The van der Waals surface area contributed by atoms with Crippen molar-refractivity contribution in [1.82, 2.24) is 0 Å². The second-order valence-corrected chi connectivity index (χ2v) is 7.15. The molecule has 168 valence electrons. The van der Waals surface area contributed by atoms with E-state index >= 15 is 0 Å². The maximum atomic E-state index is 13.6. The topological polar surface area (TPSA) is 77.1 Å². The molecule has 0 aliphatic carbocycles. The van der Waals surface area contributed by atoms with Crippen molar-refractivity contribution in [3.8, 4) is 17.2 Å². The molecule has 0 fully saturated rings. The van der Waals surface area contributed by atoms with Crippen LogP contribution >= 0.6 is 0 Å². The molecular formula is C26H24N2O5. The Bertz CT molecular complexity index is 1220. The number of amides is 2. The number of imide groups is 1. The summed E-state index contributed by atoms with van der Waals surface area (Å²) in [5.74, 6) is 0.762. The average Bonchev–Trinajstić information content (AvgIpc) is 3.09. The number of ether oxygens (including phenoxy) is 3. The quantitative estimate of drug-likeness (QED) is 0.516. The van der Waals surface area contributed by atoms with E-state index in [-0.39, 0.29) is 11.3 Å². The van der Waals surface area contributed by atoms with Crippen molar-refractivity contribution in [2.45, 2.75) is 6.92 Å². The van der Waals surface area contributed by atoms with Gasteiger partial charge in [-0.3, -0.25) is 9.59 Å². The van der Waals surface area contributed by atoms with Crippen LogP contribution in [0.4, 0.5) is 11.4 Å². The van der Waals surface area contributed by atoms with Gasteiger partial charge in [-0.05, 0) is 49.4 Å². The van der Waals surface area contributed by atoms with Crippen molar-refractivity contribution in [3.63, 3.8) is 0 Å². The summed E-state index contributed by atoms with van der Waals surface area (Å²) in [5, 5.41) is 3.13. The van der Waals surface area contributed by atoms with Crippen molar-refractivity contribution in [1.29, 1.82) is 0 Å². The number of carbonyl (C=O) groups is 2. The van der Waals surface area contributed by atoms with Gasteiger partial charge < -0.3 is 19.5 Å². The Balaban J connectivity index is 1.82. The van der Waals surface area contributed by atoms with Gasteiger partial charge in [0, 0.05) is 5.56 Å². The largest absolute Gasteiger partial charge is 0.496 e. The maximum Gasteiger partial charge on any atom is 0.282 e. The molecule has 4 rings (SSSR count). The Labute approximate surface area is 192 Å². The van der Waals surface area contributed by atoms with Crippen molar-refractivity contribution in [3.05, 3.63) is 84.1 Å². The van der Waals surface area contributed by atoms with Crippen LogP contribution in [0.15, 0.2) is 78.5 Å². The lowest BCUT2D eigenvalue weighted by Gasteiger charge is -2.16. The molecule has 7 heteroatoms. The normalized spacial score (nSPS) is 13.4. The molecule has 7 nitrogen and oxygen atoms in total. The van der Waals surface area contributed by atoms with Gasteiger partial charge in [0.05, 0.1) is 37.8 Å². The summed E-state index contributed by atoms with van der Waals surface area (Å²) in [7, 11) is 3.07. The predicted octanol–water partition coefficient (Wildman–Crippen LogP) is 4.50. The van der Waals surface area contributed by atoms with Crippen LogP contribution in [0.25, 0.3) is 5.57 Å². The van der Waals surface area contributed by atoms with Gasteiger partial charge in [0.15, 0.2) is 0 Å². The summed E-state index contributed by atoms with van der Waals surface area (Å²) < 4.78 is 16.4. The van der Waals surface area contributed by atoms with E-state index in [9.17, 15) is 9.59 Å². The van der Waals surface area contributed by atoms with E-state index in [1.807, 2.05) is 25.1 Å². The number of methoxy groups -OCH3 is 2. The molecule has 3 aromatic rings. The fraction of sp³-hybridized carbons (Fsp3) is 0.154. The first kappa shape index (κ1) is 22.0. The van der Waals surface area contributed by atoms with Gasteiger partial charge in [-0.15, -0.1) is 0 Å². The molecule has 0 atom stereocenters. The van der Waals surface area contributed by atoms with E-state index in [1.165, 1.54) is 7.11 Å². The number of rotatable bonds is 8. The van der Waals surface area contributed by atoms with Gasteiger partial charge in [0.25, 0.3) is 11.8 Å². The lowest BCUT2D eigenvalue weighted by molar-refractivity contribution is -0.120. The molecule has 33 heavy (non-hydrogen) atoms. The van der Waals surface area contributed by atoms with E-state index in [4.69, 9.17) is 14.2 Å². The average molecular weight is 444 g/mol. The minimum atomic E-state index is -0.476. The number of anilines is 2. The standard InChI is InChI=1S/C26H24N2O5/c1-4-33-18-15-13-17(14-16-18)28-25(29)23(19-9-5-7-11-21(19)31-2)24(26(28)30)27-20-10-6-8-12-22(20)32-3/h5-16,27H,4H2,1-3H3. The van der Waals surface area contributed by atoms with Crippen LogP contribution in [0.3, 0.4) is 0 Å². The molecule has 0 spiro atoms. The second kappa shape index (κ2) is 9.48. The fourth-order valence-electron chi connectivity index (χ4n) is 3.72. The van der Waals surface area contributed by atoms with Gasteiger partial charge in [0.1, 0.15) is 22.9 Å². The molecule has 3 aromatic carbocycles. The SMILES string of the molecule is CCOc1ccc(N2C(=O)C(Nc3ccccc3OC)=C(c3ccccc3OC)C2=O)cc1. The molecule has 1 aliphatic rings. The molecular weight excluding hydrogens is 420 g/mol. The Kier molecular flexibility index (Phi) is 6.31. The highest BCUT2D eigenvalue weighted by molar-refractivity contribution is 6.46. The molecule has 0 radical (unpaired) electrons. The third-order valence-corrected chi connectivity index (χ3v) is 5.23. The highest BCUT2D eigenvalue weighted by Crippen LogP contribution is 2.38. The zero-order valence-corrected chi connectivity index (χ0v) is 18.6. The first-order valence-electron chi connectivity index (χ1n) is 10.5. The fourth-order valence-corrected chi connectivity index (χ4v) is 3.72. The highest BCUT2D eigenvalue weighted by Gasteiger charge is 2.41. The number of hydrogen-bond donors (Lipinski definition) is 1. The summed E-state index contributed by atoms with van der Waals surface area (Å²) >= 11 is 0. The van der Waals surface area contributed by atoms with Gasteiger partial charge in [-0.1, -0.05) is 30.3 Å². The van der Waals surface area contributed by atoms with Crippen molar-refractivity contribution < 1.29 is 23.8 Å². The Morgan fingerprint density at radius 1 is 0.788 bits per heavy atom. The lowest BCUT2D eigenvalue weighted by Crippen LogP contribution is -2.32. The van der Waals surface area contributed by atoms with Crippen molar-refractivity contribution in [2.24, 2.45) is 0 Å². The van der Waals surface area contributed by atoms with Gasteiger partial charge in [0.2, 0.25) is 0 Å². The van der Waals surface area contributed by atoms with Gasteiger partial charge in [-0.2, -0.15) is 0 Å². The van der Waals surface area contributed by atoms with Crippen LogP contribution in [0.1, 0.15) is 12.5 Å². The number of nitrogens with one attached hydrogen (secondary N) is 1. The highest BCUT2D eigenvalue weighted by atomic mass is 16.5. The number of hydrogen-bond acceptors (Lipinski definition) is 6. The zero-order valence-electron chi connectivity index (χ0n) is 18.6. The summed E-state index contributed by atoms with van der Waals surface area (Å²) in [4.78, 5) is 28.4.